The van der Waals surface area contributed by atoms with Gasteiger partial charge in [0.25, 0.3) is 0 Å². The average molecular weight is 245 g/mol. The van der Waals surface area contributed by atoms with Crippen LogP contribution in [0.1, 0.15) is 56.7 Å². The SMILES string of the molecule is CCCCc1ccc(C(NC)C(C)C2CC2)cc1. The minimum absolute atomic E-state index is 0.526. The molecular formula is C17H27N. The van der Waals surface area contributed by atoms with Crippen LogP contribution in [0.25, 0.3) is 0 Å². The zero-order chi connectivity index (χ0) is 13.0. The second kappa shape index (κ2) is 6.38. The number of aryl methyl sites for hydroxylation is 1. The lowest BCUT2D eigenvalue weighted by molar-refractivity contribution is 0.369. The first-order valence-electron chi connectivity index (χ1n) is 7.52. The summed E-state index contributed by atoms with van der Waals surface area (Å²) in [5.74, 6) is 1.71. The maximum absolute atomic E-state index is 3.50. The molecule has 1 saturated carbocycles. The molecule has 1 aliphatic rings. The molecule has 100 valence electrons. The number of hydrogen-bond acceptors (Lipinski definition) is 1. The first-order chi connectivity index (χ1) is 8.76. The van der Waals surface area contributed by atoms with Crippen LogP contribution in [0.15, 0.2) is 24.3 Å². The molecule has 18 heavy (non-hydrogen) atoms. The third-order valence-electron chi connectivity index (χ3n) is 4.36. The van der Waals surface area contributed by atoms with Crippen molar-refractivity contribution in [2.24, 2.45) is 11.8 Å². The van der Waals surface area contributed by atoms with E-state index in [1.54, 1.807) is 0 Å². The molecule has 1 aromatic rings. The van der Waals surface area contributed by atoms with Gasteiger partial charge in [-0.15, -0.1) is 0 Å². The monoisotopic (exact) mass is 245 g/mol. The second-order valence-electron chi connectivity index (χ2n) is 5.81. The highest BCUT2D eigenvalue weighted by molar-refractivity contribution is 5.26. The fourth-order valence-corrected chi connectivity index (χ4v) is 2.90. The molecule has 0 spiro atoms. The van der Waals surface area contributed by atoms with Crippen molar-refractivity contribution in [1.82, 2.24) is 5.32 Å². The molecule has 0 bridgehead atoms. The topological polar surface area (TPSA) is 12.0 Å². The van der Waals surface area contributed by atoms with E-state index in [0.29, 0.717) is 6.04 Å². The van der Waals surface area contributed by atoms with Crippen molar-refractivity contribution >= 4 is 0 Å². The number of unbranched alkanes of at least 4 members (excludes halogenated alkanes) is 1. The first kappa shape index (κ1) is 13.6. The molecule has 2 atom stereocenters. The highest BCUT2D eigenvalue weighted by atomic mass is 14.9. The number of benzene rings is 1. The Bertz CT molecular complexity index is 350. The molecule has 1 fully saturated rings. The van der Waals surface area contributed by atoms with Gasteiger partial charge in [-0.3, -0.25) is 0 Å². The highest BCUT2D eigenvalue weighted by Crippen LogP contribution is 2.42. The van der Waals surface area contributed by atoms with E-state index in [0.717, 1.165) is 11.8 Å². The summed E-state index contributed by atoms with van der Waals surface area (Å²) in [4.78, 5) is 0. The zero-order valence-corrected chi connectivity index (χ0v) is 12.1. The number of rotatable bonds is 7. The fourth-order valence-electron chi connectivity index (χ4n) is 2.90. The van der Waals surface area contributed by atoms with E-state index in [1.807, 2.05) is 0 Å². The maximum Gasteiger partial charge on any atom is 0.0346 e. The van der Waals surface area contributed by atoms with Crippen molar-refractivity contribution in [2.45, 2.75) is 52.0 Å². The van der Waals surface area contributed by atoms with Gasteiger partial charge in [0.15, 0.2) is 0 Å². The summed E-state index contributed by atoms with van der Waals surface area (Å²) < 4.78 is 0. The smallest absolute Gasteiger partial charge is 0.0346 e. The second-order valence-corrected chi connectivity index (χ2v) is 5.81. The Kier molecular flexibility index (Phi) is 4.82. The van der Waals surface area contributed by atoms with Crippen LogP contribution in [0, 0.1) is 11.8 Å². The molecule has 0 radical (unpaired) electrons. The van der Waals surface area contributed by atoms with Crippen LogP contribution in [0.4, 0.5) is 0 Å². The number of hydrogen-bond donors (Lipinski definition) is 1. The summed E-state index contributed by atoms with van der Waals surface area (Å²) in [5, 5.41) is 3.50. The van der Waals surface area contributed by atoms with Gasteiger partial charge in [-0.2, -0.15) is 0 Å². The summed E-state index contributed by atoms with van der Waals surface area (Å²) in [5.41, 5.74) is 2.94. The molecular weight excluding hydrogens is 218 g/mol. The third-order valence-corrected chi connectivity index (χ3v) is 4.36. The van der Waals surface area contributed by atoms with E-state index in [-0.39, 0.29) is 0 Å². The molecule has 1 aromatic carbocycles. The van der Waals surface area contributed by atoms with Crippen molar-refractivity contribution in [3.63, 3.8) is 0 Å². The van der Waals surface area contributed by atoms with Crippen molar-refractivity contribution < 1.29 is 0 Å². The summed E-state index contributed by atoms with van der Waals surface area (Å²) in [6, 6.07) is 9.80. The Hall–Kier alpha value is -0.820. The molecule has 1 heteroatoms. The Morgan fingerprint density at radius 1 is 1.22 bits per heavy atom. The quantitative estimate of drug-likeness (QED) is 0.753. The molecule has 1 nitrogen and oxygen atoms in total. The Balaban J connectivity index is 2.01. The van der Waals surface area contributed by atoms with Crippen molar-refractivity contribution in [3.8, 4) is 0 Å². The summed E-state index contributed by atoms with van der Waals surface area (Å²) in [6.07, 6.45) is 6.65. The lowest BCUT2D eigenvalue weighted by Crippen LogP contribution is -2.24. The standard InChI is InChI=1S/C17H27N/c1-4-5-6-14-7-9-16(10-8-14)17(18-3)13(2)15-11-12-15/h7-10,13,15,17-18H,4-6,11-12H2,1-3H3. The summed E-state index contributed by atoms with van der Waals surface area (Å²) in [7, 11) is 2.09. The zero-order valence-electron chi connectivity index (χ0n) is 12.1. The van der Waals surface area contributed by atoms with Gasteiger partial charge >= 0.3 is 0 Å². The van der Waals surface area contributed by atoms with E-state index >= 15 is 0 Å². The van der Waals surface area contributed by atoms with Crippen molar-refractivity contribution in [1.29, 1.82) is 0 Å². The molecule has 2 unspecified atom stereocenters. The number of nitrogens with one attached hydrogen (secondary N) is 1. The minimum Gasteiger partial charge on any atom is -0.313 e. The molecule has 2 rings (SSSR count). The van der Waals surface area contributed by atoms with Gasteiger partial charge in [0.1, 0.15) is 0 Å². The van der Waals surface area contributed by atoms with Gasteiger partial charge in [-0.05, 0) is 55.7 Å². The molecule has 0 aromatic heterocycles. The highest BCUT2D eigenvalue weighted by Gasteiger charge is 2.33. The van der Waals surface area contributed by atoms with Gasteiger partial charge in [-0.1, -0.05) is 44.5 Å². The third kappa shape index (κ3) is 3.35. The van der Waals surface area contributed by atoms with Crippen LogP contribution in [-0.2, 0) is 6.42 Å². The van der Waals surface area contributed by atoms with Gasteiger partial charge in [0.2, 0.25) is 0 Å². The average Bonchev–Trinajstić information content (AvgIpc) is 3.23. The van der Waals surface area contributed by atoms with Gasteiger partial charge in [0, 0.05) is 6.04 Å². The molecule has 0 heterocycles. The minimum atomic E-state index is 0.526. The molecule has 0 saturated heterocycles. The lowest BCUT2D eigenvalue weighted by Gasteiger charge is -2.24. The summed E-state index contributed by atoms with van der Waals surface area (Å²) >= 11 is 0. The lowest BCUT2D eigenvalue weighted by atomic mass is 9.90. The van der Waals surface area contributed by atoms with Crippen molar-refractivity contribution in [3.05, 3.63) is 35.4 Å². The largest absolute Gasteiger partial charge is 0.313 e. The van der Waals surface area contributed by atoms with E-state index in [9.17, 15) is 0 Å². The van der Waals surface area contributed by atoms with Gasteiger partial charge in [0.05, 0.1) is 0 Å². The van der Waals surface area contributed by atoms with E-state index < -0.39 is 0 Å². The summed E-state index contributed by atoms with van der Waals surface area (Å²) in [6.45, 7) is 4.65. The Morgan fingerprint density at radius 3 is 2.39 bits per heavy atom. The van der Waals surface area contributed by atoms with E-state index in [2.05, 4.69) is 50.5 Å². The maximum atomic E-state index is 3.50. The van der Waals surface area contributed by atoms with Crippen LogP contribution in [0.2, 0.25) is 0 Å². The Labute approximate surface area is 112 Å². The molecule has 1 N–H and O–H groups in total. The van der Waals surface area contributed by atoms with Gasteiger partial charge in [-0.25, -0.2) is 0 Å². The van der Waals surface area contributed by atoms with Crippen molar-refractivity contribution in [2.75, 3.05) is 7.05 Å². The van der Waals surface area contributed by atoms with Crippen LogP contribution in [0.3, 0.4) is 0 Å². The van der Waals surface area contributed by atoms with Crippen LogP contribution in [-0.4, -0.2) is 7.05 Å². The molecule has 0 aliphatic heterocycles. The van der Waals surface area contributed by atoms with E-state index in [4.69, 9.17) is 0 Å². The normalized spacial score (nSPS) is 18.6. The van der Waals surface area contributed by atoms with Crippen LogP contribution >= 0.6 is 0 Å². The first-order valence-corrected chi connectivity index (χ1v) is 7.52. The molecule has 0 amide bonds. The Morgan fingerprint density at radius 2 is 1.89 bits per heavy atom. The fraction of sp³-hybridized carbons (Fsp3) is 0.647. The predicted molar refractivity (Wildman–Crippen MR) is 78.7 cm³/mol. The predicted octanol–water partition coefficient (Wildman–Crippen LogP) is 4.34. The van der Waals surface area contributed by atoms with Crippen LogP contribution in [0.5, 0.6) is 0 Å². The molecule has 1 aliphatic carbocycles. The van der Waals surface area contributed by atoms with Gasteiger partial charge < -0.3 is 5.32 Å². The van der Waals surface area contributed by atoms with E-state index in [1.165, 1.54) is 43.2 Å². The van der Waals surface area contributed by atoms with Crippen LogP contribution < -0.4 is 5.32 Å².